The van der Waals surface area contributed by atoms with Crippen molar-refractivity contribution in [1.82, 2.24) is 5.32 Å². The van der Waals surface area contributed by atoms with E-state index in [-0.39, 0.29) is 17.4 Å². The zero-order valence-electron chi connectivity index (χ0n) is 11.6. The summed E-state index contributed by atoms with van der Waals surface area (Å²) in [5, 5.41) is 3.10. The molecule has 2 unspecified atom stereocenters. The van der Waals surface area contributed by atoms with Gasteiger partial charge in [0.1, 0.15) is 0 Å². The van der Waals surface area contributed by atoms with Crippen molar-refractivity contribution >= 4 is 5.91 Å². The second-order valence-electron chi connectivity index (χ2n) is 6.40. The molecular formula is C14H28N2O. The molecule has 3 nitrogen and oxygen atoms in total. The minimum Gasteiger partial charge on any atom is -0.351 e. The Balaban J connectivity index is 2.40. The monoisotopic (exact) mass is 240 g/mol. The Kier molecular flexibility index (Phi) is 5.44. The normalized spacial score (nSPS) is 25.6. The van der Waals surface area contributed by atoms with Crippen molar-refractivity contribution in [1.29, 1.82) is 0 Å². The molecule has 0 aromatic rings. The highest BCUT2D eigenvalue weighted by molar-refractivity contribution is 5.79. The Morgan fingerprint density at radius 3 is 2.65 bits per heavy atom. The van der Waals surface area contributed by atoms with Gasteiger partial charge in [-0.2, -0.15) is 0 Å². The zero-order valence-corrected chi connectivity index (χ0v) is 11.6. The van der Waals surface area contributed by atoms with Crippen molar-refractivity contribution in [3.8, 4) is 0 Å². The van der Waals surface area contributed by atoms with Gasteiger partial charge in [0.05, 0.1) is 0 Å². The fourth-order valence-corrected chi connectivity index (χ4v) is 2.67. The lowest BCUT2D eigenvalue weighted by Crippen LogP contribution is -2.44. The molecule has 1 aliphatic rings. The largest absolute Gasteiger partial charge is 0.351 e. The number of nitrogens with one attached hydrogen (secondary N) is 1. The summed E-state index contributed by atoms with van der Waals surface area (Å²) in [6.07, 6.45) is 6.87. The van der Waals surface area contributed by atoms with Gasteiger partial charge in [0, 0.05) is 11.5 Å². The third-order valence-corrected chi connectivity index (χ3v) is 3.47. The summed E-state index contributed by atoms with van der Waals surface area (Å²) in [7, 11) is 0. The number of nitrogens with two attached hydrogens (primary N) is 1. The molecule has 0 aromatic carbocycles. The topological polar surface area (TPSA) is 55.1 Å². The van der Waals surface area contributed by atoms with Crippen molar-refractivity contribution in [3.05, 3.63) is 0 Å². The van der Waals surface area contributed by atoms with Crippen molar-refractivity contribution in [3.63, 3.8) is 0 Å². The smallest absolute Gasteiger partial charge is 0.223 e. The third-order valence-electron chi connectivity index (χ3n) is 3.47. The Bertz CT molecular complexity index is 245. The summed E-state index contributed by atoms with van der Waals surface area (Å²) < 4.78 is 0. The van der Waals surface area contributed by atoms with Crippen molar-refractivity contribution in [2.24, 2.45) is 17.6 Å². The van der Waals surface area contributed by atoms with E-state index in [1.807, 2.05) is 20.8 Å². The standard InChI is InChI=1S/C14H28N2O/c1-14(2,3)16-13(17)12-8-4-6-11(10-12)7-5-9-15/h11-12H,4-10,15H2,1-3H3,(H,16,17). The first-order chi connectivity index (χ1) is 7.92. The molecule has 0 aliphatic heterocycles. The van der Waals surface area contributed by atoms with Crippen LogP contribution >= 0.6 is 0 Å². The minimum absolute atomic E-state index is 0.110. The first-order valence-electron chi connectivity index (χ1n) is 6.94. The first kappa shape index (κ1) is 14.5. The van der Waals surface area contributed by atoms with Crippen LogP contribution in [0.4, 0.5) is 0 Å². The van der Waals surface area contributed by atoms with E-state index >= 15 is 0 Å². The second kappa shape index (κ2) is 6.39. The maximum atomic E-state index is 12.1. The molecule has 0 heterocycles. The Labute approximate surface area is 106 Å². The molecule has 0 bridgehead atoms. The lowest BCUT2D eigenvalue weighted by molar-refractivity contribution is -0.128. The van der Waals surface area contributed by atoms with Crippen LogP contribution in [0.5, 0.6) is 0 Å². The van der Waals surface area contributed by atoms with Crippen LogP contribution in [0.1, 0.15) is 59.3 Å². The van der Waals surface area contributed by atoms with E-state index in [1.54, 1.807) is 0 Å². The zero-order chi connectivity index (χ0) is 12.9. The molecule has 0 saturated heterocycles. The van der Waals surface area contributed by atoms with E-state index in [0.29, 0.717) is 5.92 Å². The van der Waals surface area contributed by atoms with Crippen molar-refractivity contribution < 1.29 is 4.79 Å². The predicted molar refractivity (Wildman–Crippen MR) is 71.6 cm³/mol. The fourth-order valence-electron chi connectivity index (χ4n) is 2.67. The fraction of sp³-hybridized carbons (Fsp3) is 0.929. The van der Waals surface area contributed by atoms with Crippen LogP contribution < -0.4 is 11.1 Å². The molecule has 1 aliphatic carbocycles. The Morgan fingerprint density at radius 2 is 2.06 bits per heavy atom. The maximum absolute atomic E-state index is 12.1. The molecule has 1 amide bonds. The van der Waals surface area contributed by atoms with E-state index in [9.17, 15) is 4.79 Å². The van der Waals surface area contributed by atoms with Crippen LogP contribution in [-0.4, -0.2) is 18.0 Å². The number of amides is 1. The molecule has 0 spiro atoms. The van der Waals surface area contributed by atoms with Gasteiger partial charge in [-0.15, -0.1) is 0 Å². The number of rotatable bonds is 4. The highest BCUT2D eigenvalue weighted by Gasteiger charge is 2.28. The van der Waals surface area contributed by atoms with Gasteiger partial charge in [0.15, 0.2) is 0 Å². The summed E-state index contributed by atoms with van der Waals surface area (Å²) in [4.78, 5) is 12.1. The van der Waals surface area contributed by atoms with E-state index in [2.05, 4.69) is 5.32 Å². The van der Waals surface area contributed by atoms with E-state index in [1.165, 1.54) is 19.3 Å². The molecular weight excluding hydrogens is 212 g/mol. The van der Waals surface area contributed by atoms with Gasteiger partial charge in [-0.05, 0) is 58.9 Å². The average Bonchev–Trinajstić information content (AvgIpc) is 2.24. The van der Waals surface area contributed by atoms with Crippen LogP contribution in [0.25, 0.3) is 0 Å². The molecule has 17 heavy (non-hydrogen) atoms. The Morgan fingerprint density at radius 1 is 1.35 bits per heavy atom. The quantitative estimate of drug-likeness (QED) is 0.793. The van der Waals surface area contributed by atoms with Crippen molar-refractivity contribution in [2.45, 2.75) is 64.8 Å². The lowest BCUT2D eigenvalue weighted by Gasteiger charge is -2.31. The summed E-state index contributed by atoms with van der Waals surface area (Å²) in [5.41, 5.74) is 5.43. The molecule has 0 aromatic heterocycles. The maximum Gasteiger partial charge on any atom is 0.223 e. The van der Waals surface area contributed by atoms with Gasteiger partial charge in [-0.25, -0.2) is 0 Å². The second-order valence-corrected chi connectivity index (χ2v) is 6.40. The van der Waals surface area contributed by atoms with Gasteiger partial charge in [0.25, 0.3) is 0 Å². The van der Waals surface area contributed by atoms with Gasteiger partial charge in [-0.3, -0.25) is 4.79 Å². The van der Waals surface area contributed by atoms with Gasteiger partial charge >= 0.3 is 0 Å². The molecule has 1 fully saturated rings. The molecule has 1 saturated carbocycles. The minimum atomic E-state index is -0.110. The van der Waals surface area contributed by atoms with Gasteiger partial charge in [0.2, 0.25) is 5.91 Å². The van der Waals surface area contributed by atoms with E-state index in [4.69, 9.17) is 5.73 Å². The number of carbonyl (C=O) groups excluding carboxylic acids is 1. The average molecular weight is 240 g/mol. The van der Waals surface area contributed by atoms with Crippen LogP contribution in [0.2, 0.25) is 0 Å². The van der Waals surface area contributed by atoms with E-state index in [0.717, 1.165) is 25.8 Å². The SMILES string of the molecule is CC(C)(C)NC(=O)C1CCCC(CCCN)C1. The Hall–Kier alpha value is -0.570. The number of hydrogen-bond acceptors (Lipinski definition) is 2. The third kappa shape index (κ3) is 5.53. The van der Waals surface area contributed by atoms with Gasteiger partial charge < -0.3 is 11.1 Å². The molecule has 2 atom stereocenters. The highest BCUT2D eigenvalue weighted by atomic mass is 16.2. The molecule has 100 valence electrons. The first-order valence-corrected chi connectivity index (χ1v) is 6.94. The van der Waals surface area contributed by atoms with Crippen LogP contribution in [0.15, 0.2) is 0 Å². The summed E-state index contributed by atoms with van der Waals surface area (Å²) in [5.74, 6) is 1.18. The molecule has 0 radical (unpaired) electrons. The predicted octanol–water partition coefficient (Wildman–Crippen LogP) is 2.45. The van der Waals surface area contributed by atoms with E-state index < -0.39 is 0 Å². The summed E-state index contributed by atoms with van der Waals surface area (Å²) in [6.45, 7) is 6.90. The molecule has 1 rings (SSSR count). The summed E-state index contributed by atoms with van der Waals surface area (Å²) in [6, 6.07) is 0. The van der Waals surface area contributed by atoms with Gasteiger partial charge in [-0.1, -0.05) is 12.8 Å². The van der Waals surface area contributed by atoms with Crippen LogP contribution in [0.3, 0.4) is 0 Å². The molecule has 3 heteroatoms. The number of hydrogen-bond donors (Lipinski definition) is 2. The highest BCUT2D eigenvalue weighted by Crippen LogP contribution is 2.32. The van der Waals surface area contributed by atoms with Crippen LogP contribution in [0, 0.1) is 11.8 Å². The van der Waals surface area contributed by atoms with Crippen LogP contribution in [-0.2, 0) is 4.79 Å². The number of carbonyl (C=O) groups is 1. The summed E-state index contributed by atoms with van der Waals surface area (Å²) >= 11 is 0. The lowest BCUT2D eigenvalue weighted by atomic mass is 9.78. The molecule has 3 N–H and O–H groups in total. The van der Waals surface area contributed by atoms with Crippen molar-refractivity contribution in [2.75, 3.05) is 6.54 Å².